The van der Waals surface area contributed by atoms with Gasteiger partial charge < -0.3 is 10.2 Å². The van der Waals surface area contributed by atoms with Crippen molar-refractivity contribution in [1.29, 1.82) is 0 Å². The molecule has 2 aromatic carbocycles. The number of benzene rings is 2. The van der Waals surface area contributed by atoms with E-state index in [0.717, 1.165) is 35.1 Å². The highest BCUT2D eigenvalue weighted by Crippen LogP contribution is 2.41. The molecule has 2 nitrogen and oxygen atoms in total. The van der Waals surface area contributed by atoms with Gasteiger partial charge in [-0.1, -0.05) is 146 Å². The van der Waals surface area contributed by atoms with Gasteiger partial charge in [0.05, 0.1) is 0 Å². The number of rotatable bonds is 19. The van der Waals surface area contributed by atoms with Crippen LogP contribution in [0.4, 0.5) is 0 Å². The average Bonchev–Trinajstić information content (AvgIpc) is 2.85. The van der Waals surface area contributed by atoms with Crippen molar-refractivity contribution in [2.75, 3.05) is 0 Å². The lowest BCUT2D eigenvalue weighted by molar-refractivity contribution is 0.443. The van der Waals surface area contributed by atoms with E-state index in [1.165, 1.54) is 96.3 Å². The molecule has 0 aliphatic carbocycles. The summed E-state index contributed by atoms with van der Waals surface area (Å²) in [5.41, 5.74) is 3.66. The smallest absolute Gasteiger partial charge is 0.122 e. The fraction of sp³-hybridized carbons (Fsp3) is 0.636. The fourth-order valence-corrected chi connectivity index (χ4v) is 5.30. The third-order valence-corrected chi connectivity index (χ3v) is 7.64. The van der Waals surface area contributed by atoms with Crippen LogP contribution in [0.2, 0.25) is 0 Å². The molecule has 0 aliphatic heterocycles. The number of phenolic OH excluding ortho intramolecular Hbond substituents is 2. The second-order valence-corrected chi connectivity index (χ2v) is 10.7. The third kappa shape index (κ3) is 10.7. The zero-order valence-corrected chi connectivity index (χ0v) is 23.0. The maximum Gasteiger partial charge on any atom is 0.122 e. The van der Waals surface area contributed by atoms with Gasteiger partial charge in [-0.3, -0.25) is 0 Å². The summed E-state index contributed by atoms with van der Waals surface area (Å²) in [7, 11) is 0. The molecule has 35 heavy (non-hydrogen) atoms. The van der Waals surface area contributed by atoms with Crippen LogP contribution >= 0.6 is 0 Å². The van der Waals surface area contributed by atoms with Crippen LogP contribution in [-0.2, 0) is 0 Å². The molecule has 196 valence electrons. The molecule has 0 bridgehead atoms. The first kappa shape index (κ1) is 29.3. The molecule has 0 saturated heterocycles. The van der Waals surface area contributed by atoms with Gasteiger partial charge in [-0.15, -0.1) is 0 Å². The molecule has 0 aliphatic rings. The molecule has 2 heteroatoms. The second kappa shape index (κ2) is 17.5. The van der Waals surface area contributed by atoms with E-state index in [9.17, 15) is 10.2 Å². The van der Waals surface area contributed by atoms with Crippen molar-refractivity contribution in [3.05, 3.63) is 58.7 Å². The van der Waals surface area contributed by atoms with Crippen LogP contribution in [0.3, 0.4) is 0 Å². The van der Waals surface area contributed by atoms with Crippen molar-refractivity contribution in [3.63, 3.8) is 0 Å². The summed E-state index contributed by atoms with van der Waals surface area (Å²) in [4.78, 5) is 0. The molecule has 0 aromatic heterocycles. The van der Waals surface area contributed by atoms with E-state index in [-0.39, 0.29) is 5.92 Å². The van der Waals surface area contributed by atoms with Crippen LogP contribution in [0.5, 0.6) is 11.5 Å². The summed E-state index contributed by atoms with van der Waals surface area (Å²) in [6.07, 6.45) is 22.8. The molecular formula is C33H52O2. The van der Waals surface area contributed by atoms with Crippen LogP contribution < -0.4 is 0 Å². The van der Waals surface area contributed by atoms with Gasteiger partial charge in [-0.25, -0.2) is 0 Å². The number of hydrogen-bond donors (Lipinski definition) is 2. The van der Waals surface area contributed by atoms with Crippen molar-refractivity contribution in [1.82, 2.24) is 0 Å². The summed E-state index contributed by atoms with van der Waals surface area (Å²) >= 11 is 0. The standard InChI is InChI=1S/C33H52O2/c1-4-5-6-7-8-9-10-11-12-13-14-15-16-17-18-19-24-29(30-25-20-22-27(2)32(30)34)31-26-21-23-28(3)33(31)35/h20-23,25-26,29,34-35H,4-19,24H2,1-3H3. The Hall–Kier alpha value is -1.96. The van der Waals surface area contributed by atoms with Crippen molar-refractivity contribution in [3.8, 4) is 11.5 Å². The highest BCUT2D eigenvalue weighted by atomic mass is 16.3. The molecule has 0 saturated carbocycles. The van der Waals surface area contributed by atoms with Gasteiger partial charge in [0.2, 0.25) is 0 Å². The quantitative estimate of drug-likeness (QED) is 0.196. The Morgan fingerprint density at radius 1 is 0.514 bits per heavy atom. The molecule has 0 heterocycles. The highest BCUT2D eigenvalue weighted by molar-refractivity contribution is 5.50. The van der Waals surface area contributed by atoms with Crippen LogP contribution in [0.1, 0.15) is 144 Å². The Morgan fingerprint density at radius 3 is 1.23 bits per heavy atom. The number of para-hydroxylation sites is 2. The van der Waals surface area contributed by atoms with E-state index in [1.807, 2.05) is 50.2 Å². The van der Waals surface area contributed by atoms with Crippen LogP contribution in [0.15, 0.2) is 36.4 Å². The maximum atomic E-state index is 10.7. The number of phenols is 2. The van der Waals surface area contributed by atoms with Gasteiger partial charge in [0.1, 0.15) is 11.5 Å². The van der Waals surface area contributed by atoms with E-state index in [1.54, 1.807) is 0 Å². The van der Waals surface area contributed by atoms with E-state index in [0.29, 0.717) is 11.5 Å². The predicted octanol–water partition coefficient (Wildman–Crippen LogP) is 10.5. The molecule has 0 spiro atoms. The minimum absolute atomic E-state index is 0.0291. The van der Waals surface area contributed by atoms with Gasteiger partial charge in [-0.2, -0.15) is 0 Å². The molecule has 2 aromatic rings. The molecule has 0 radical (unpaired) electrons. The van der Waals surface area contributed by atoms with E-state index in [4.69, 9.17) is 0 Å². The second-order valence-electron chi connectivity index (χ2n) is 10.7. The summed E-state index contributed by atoms with van der Waals surface area (Å²) in [5.74, 6) is 0.770. The van der Waals surface area contributed by atoms with Crippen LogP contribution in [0, 0.1) is 13.8 Å². The number of aromatic hydroxyl groups is 2. The highest BCUT2D eigenvalue weighted by Gasteiger charge is 2.21. The van der Waals surface area contributed by atoms with E-state index < -0.39 is 0 Å². The van der Waals surface area contributed by atoms with Gasteiger partial charge in [0, 0.05) is 17.0 Å². The van der Waals surface area contributed by atoms with Crippen molar-refractivity contribution in [2.24, 2.45) is 0 Å². The molecule has 0 unspecified atom stereocenters. The summed E-state index contributed by atoms with van der Waals surface area (Å²) in [6.45, 7) is 6.18. The largest absolute Gasteiger partial charge is 0.507 e. The molecular weight excluding hydrogens is 428 g/mol. The first-order valence-electron chi connectivity index (χ1n) is 14.6. The van der Waals surface area contributed by atoms with Crippen molar-refractivity contribution in [2.45, 2.75) is 136 Å². The lowest BCUT2D eigenvalue weighted by Crippen LogP contribution is -2.04. The van der Waals surface area contributed by atoms with Gasteiger partial charge in [0.15, 0.2) is 0 Å². The first-order valence-corrected chi connectivity index (χ1v) is 14.6. The zero-order valence-electron chi connectivity index (χ0n) is 23.0. The zero-order chi connectivity index (χ0) is 25.3. The Labute approximate surface area is 216 Å². The molecule has 0 fully saturated rings. The first-order chi connectivity index (χ1) is 17.1. The maximum absolute atomic E-state index is 10.7. The third-order valence-electron chi connectivity index (χ3n) is 7.64. The number of unbranched alkanes of at least 4 members (excludes halogenated alkanes) is 15. The van der Waals surface area contributed by atoms with Crippen LogP contribution in [-0.4, -0.2) is 10.2 Å². The summed E-state index contributed by atoms with van der Waals surface area (Å²) < 4.78 is 0. The SMILES string of the molecule is CCCCCCCCCCCCCCCCCCC(c1cccc(C)c1O)c1cccc(C)c1O. The topological polar surface area (TPSA) is 40.5 Å². The Kier molecular flexibility index (Phi) is 14.6. The lowest BCUT2D eigenvalue weighted by atomic mass is 9.84. The molecule has 0 atom stereocenters. The van der Waals surface area contributed by atoms with Gasteiger partial charge >= 0.3 is 0 Å². The Morgan fingerprint density at radius 2 is 0.857 bits per heavy atom. The minimum Gasteiger partial charge on any atom is -0.507 e. The molecule has 2 N–H and O–H groups in total. The normalized spacial score (nSPS) is 11.4. The monoisotopic (exact) mass is 480 g/mol. The summed E-state index contributed by atoms with van der Waals surface area (Å²) in [6, 6.07) is 11.9. The lowest BCUT2D eigenvalue weighted by Gasteiger charge is -2.22. The van der Waals surface area contributed by atoms with E-state index in [2.05, 4.69) is 6.92 Å². The number of hydrogen-bond acceptors (Lipinski definition) is 2. The predicted molar refractivity (Wildman–Crippen MR) is 152 cm³/mol. The summed E-state index contributed by atoms with van der Waals surface area (Å²) in [5, 5.41) is 21.5. The molecule has 2 rings (SSSR count). The Balaban J connectivity index is 1.65. The fourth-order valence-electron chi connectivity index (χ4n) is 5.30. The van der Waals surface area contributed by atoms with Crippen LogP contribution in [0.25, 0.3) is 0 Å². The molecule has 0 amide bonds. The van der Waals surface area contributed by atoms with E-state index >= 15 is 0 Å². The number of aryl methyl sites for hydroxylation is 2. The minimum atomic E-state index is 0.0291. The van der Waals surface area contributed by atoms with Gasteiger partial charge in [-0.05, 0) is 31.4 Å². The van der Waals surface area contributed by atoms with Crippen molar-refractivity contribution < 1.29 is 10.2 Å². The van der Waals surface area contributed by atoms with Gasteiger partial charge in [0.25, 0.3) is 0 Å². The van der Waals surface area contributed by atoms with Crippen molar-refractivity contribution >= 4 is 0 Å². The Bertz CT molecular complexity index is 774. The average molecular weight is 481 g/mol.